The Hall–Kier alpha value is -2.68. The standard InChI is InChI=1S/C24H18O2/c25-23-21-17-9-13-5-1-2-6-14(13)10-18(17)22(24(23)26)20-12-16-8-4-3-7-15(16)11-19(20)21/h1-12,21-26H/t21?,22?,23-,24+. The molecule has 0 heterocycles. The molecule has 126 valence electrons. The van der Waals surface area contributed by atoms with Gasteiger partial charge in [0.25, 0.3) is 0 Å². The first-order valence-corrected chi connectivity index (χ1v) is 9.14. The van der Waals surface area contributed by atoms with E-state index in [0.29, 0.717) is 0 Å². The van der Waals surface area contributed by atoms with E-state index in [4.69, 9.17) is 0 Å². The van der Waals surface area contributed by atoms with Gasteiger partial charge in [0.1, 0.15) is 0 Å². The highest BCUT2D eigenvalue weighted by Gasteiger charge is 2.48. The molecule has 2 N–H and O–H groups in total. The third-order valence-corrected chi connectivity index (χ3v) is 6.28. The quantitative estimate of drug-likeness (QED) is 0.502. The third kappa shape index (κ3) is 1.73. The third-order valence-electron chi connectivity index (χ3n) is 6.28. The Labute approximate surface area is 151 Å². The number of benzene rings is 4. The predicted molar refractivity (Wildman–Crippen MR) is 104 cm³/mol. The predicted octanol–water partition coefficient (Wildman–Crippen LogP) is 4.31. The molecule has 26 heavy (non-hydrogen) atoms. The maximum Gasteiger partial charge on any atom is 0.0917 e. The van der Waals surface area contributed by atoms with Gasteiger partial charge in [0.05, 0.1) is 12.2 Å². The van der Waals surface area contributed by atoms with Crippen LogP contribution in [-0.4, -0.2) is 22.4 Å². The lowest BCUT2D eigenvalue weighted by molar-refractivity contribution is -0.0152. The number of aliphatic hydroxyl groups is 2. The van der Waals surface area contributed by atoms with Gasteiger partial charge in [-0.25, -0.2) is 0 Å². The van der Waals surface area contributed by atoms with Crippen molar-refractivity contribution in [3.8, 4) is 0 Å². The molecule has 0 spiro atoms. The smallest absolute Gasteiger partial charge is 0.0917 e. The molecular formula is C24H18O2. The zero-order valence-corrected chi connectivity index (χ0v) is 14.1. The van der Waals surface area contributed by atoms with Gasteiger partial charge in [-0.2, -0.15) is 0 Å². The van der Waals surface area contributed by atoms with Crippen molar-refractivity contribution < 1.29 is 10.2 Å². The van der Waals surface area contributed by atoms with Crippen LogP contribution in [0.5, 0.6) is 0 Å². The van der Waals surface area contributed by atoms with E-state index in [1.807, 2.05) is 24.3 Å². The van der Waals surface area contributed by atoms with Crippen LogP contribution in [-0.2, 0) is 0 Å². The molecule has 0 saturated heterocycles. The van der Waals surface area contributed by atoms with Gasteiger partial charge in [-0.15, -0.1) is 0 Å². The number of rotatable bonds is 0. The summed E-state index contributed by atoms with van der Waals surface area (Å²) in [5.41, 5.74) is 4.65. The van der Waals surface area contributed by atoms with Crippen molar-refractivity contribution in [1.82, 2.24) is 0 Å². The van der Waals surface area contributed by atoms with Crippen molar-refractivity contribution in [2.75, 3.05) is 0 Å². The molecule has 0 amide bonds. The van der Waals surface area contributed by atoms with Crippen LogP contribution < -0.4 is 0 Å². The Morgan fingerprint density at radius 2 is 0.731 bits per heavy atom. The molecule has 2 bridgehead atoms. The number of fused-ring (bicyclic) bond motifs is 3. The van der Waals surface area contributed by atoms with E-state index in [1.165, 1.54) is 21.5 Å². The highest BCUT2D eigenvalue weighted by Crippen LogP contribution is 2.54. The van der Waals surface area contributed by atoms with Crippen LogP contribution >= 0.6 is 0 Å². The van der Waals surface area contributed by atoms with Gasteiger partial charge in [0.15, 0.2) is 0 Å². The van der Waals surface area contributed by atoms with Crippen LogP contribution in [0.1, 0.15) is 34.1 Å². The van der Waals surface area contributed by atoms with Crippen LogP contribution in [0.15, 0.2) is 72.8 Å². The van der Waals surface area contributed by atoms with E-state index in [-0.39, 0.29) is 11.8 Å². The van der Waals surface area contributed by atoms with Gasteiger partial charge in [0, 0.05) is 11.8 Å². The topological polar surface area (TPSA) is 40.5 Å². The Kier molecular flexibility index (Phi) is 2.75. The summed E-state index contributed by atoms with van der Waals surface area (Å²) in [7, 11) is 0. The fourth-order valence-corrected chi connectivity index (χ4v) is 5.09. The summed E-state index contributed by atoms with van der Waals surface area (Å²) in [6, 6.07) is 25.4. The fraction of sp³-hybridized carbons (Fsp3) is 0.167. The molecule has 2 heteroatoms. The molecule has 7 rings (SSSR count). The van der Waals surface area contributed by atoms with Gasteiger partial charge >= 0.3 is 0 Å². The molecule has 0 aliphatic heterocycles. The van der Waals surface area contributed by atoms with E-state index in [9.17, 15) is 10.2 Å². The minimum Gasteiger partial charge on any atom is -0.389 e. The summed E-state index contributed by atoms with van der Waals surface area (Å²) in [5, 5.41) is 26.4. The Balaban J connectivity index is 1.71. The Morgan fingerprint density at radius 3 is 1.00 bits per heavy atom. The average Bonchev–Trinajstić information content (AvgIpc) is 2.67. The molecule has 0 radical (unpaired) electrons. The highest BCUT2D eigenvalue weighted by atomic mass is 16.3. The SMILES string of the molecule is O[C@@H]1C2c3cc4ccccc4cc3C(c3cc4ccccc4cc32)[C@@H]1O. The van der Waals surface area contributed by atoms with Crippen LogP contribution in [0.3, 0.4) is 0 Å². The van der Waals surface area contributed by atoms with Crippen LogP contribution in [0.25, 0.3) is 21.5 Å². The molecule has 0 aromatic heterocycles. The first kappa shape index (κ1) is 14.5. The number of hydrogen-bond donors (Lipinski definition) is 2. The summed E-state index contributed by atoms with van der Waals surface area (Å²) >= 11 is 0. The van der Waals surface area contributed by atoms with Crippen molar-refractivity contribution in [1.29, 1.82) is 0 Å². The van der Waals surface area contributed by atoms with E-state index in [0.717, 1.165) is 22.3 Å². The Morgan fingerprint density at radius 1 is 0.462 bits per heavy atom. The van der Waals surface area contributed by atoms with E-state index in [1.54, 1.807) is 0 Å². The van der Waals surface area contributed by atoms with Gasteiger partial charge < -0.3 is 10.2 Å². The molecule has 3 aliphatic carbocycles. The van der Waals surface area contributed by atoms with Crippen molar-refractivity contribution >= 4 is 21.5 Å². The Bertz CT molecular complexity index is 1010. The second kappa shape index (κ2) is 4.94. The lowest BCUT2D eigenvalue weighted by Crippen LogP contribution is -2.47. The maximum absolute atomic E-state index is 10.9. The second-order valence-corrected chi connectivity index (χ2v) is 7.59. The van der Waals surface area contributed by atoms with Crippen LogP contribution in [0.2, 0.25) is 0 Å². The fourth-order valence-electron chi connectivity index (χ4n) is 5.09. The average molecular weight is 338 g/mol. The second-order valence-electron chi connectivity index (χ2n) is 7.59. The van der Waals surface area contributed by atoms with Gasteiger partial charge in [0.2, 0.25) is 0 Å². The first-order valence-electron chi connectivity index (χ1n) is 9.14. The normalized spacial score (nSPS) is 26.1. The van der Waals surface area contributed by atoms with E-state index in [2.05, 4.69) is 48.5 Å². The van der Waals surface area contributed by atoms with Gasteiger partial charge in [-0.05, 0) is 43.8 Å². The van der Waals surface area contributed by atoms with E-state index >= 15 is 0 Å². The largest absolute Gasteiger partial charge is 0.389 e. The van der Waals surface area contributed by atoms with Crippen LogP contribution in [0.4, 0.5) is 0 Å². The molecule has 2 nitrogen and oxygen atoms in total. The molecular weight excluding hydrogens is 320 g/mol. The summed E-state index contributed by atoms with van der Waals surface area (Å²) in [6.45, 7) is 0. The molecule has 3 aliphatic rings. The maximum atomic E-state index is 10.9. The van der Waals surface area contributed by atoms with Crippen LogP contribution in [0, 0.1) is 0 Å². The van der Waals surface area contributed by atoms with Crippen molar-refractivity contribution in [3.05, 3.63) is 95.1 Å². The van der Waals surface area contributed by atoms with E-state index < -0.39 is 12.2 Å². The van der Waals surface area contributed by atoms with Crippen molar-refractivity contribution in [2.24, 2.45) is 0 Å². The lowest BCUT2D eigenvalue weighted by atomic mass is 9.60. The summed E-state index contributed by atoms with van der Waals surface area (Å²) in [6.07, 6.45) is -1.52. The molecule has 4 aromatic carbocycles. The van der Waals surface area contributed by atoms with Crippen molar-refractivity contribution in [2.45, 2.75) is 24.0 Å². The molecule has 0 unspecified atom stereocenters. The minimum atomic E-state index is -0.762. The number of aliphatic hydroxyl groups excluding tert-OH is 2. The molecule has 4 aromatic rings. The first-order chi connectivity index (χ1) is 12.7. The van der Waals surface area contributed by atoms with Gasteiger partial charge in [-0.3, -0.25) is 0 Å². The zero-order chi connectivity index (χ0) is 17.4. The minimum absolute atomic E-state index is 0.172. The monoisotopic (exact) mass is 338 g/mol. The molecule has 0 saturated carbocycles. The number of hydrogen-bond acceptors (Lipinski definition) is 2. The zero-order valence-electron chi connectivity index (χ0n) is 14.1. The summed E-state index contributed by atoms with van der Waals surface area (Å²) < 4.78 is 0. The highest BCUT2D eigenvalue weighted by molar-refractivity contribution is 5.88. The van der Waals surface area contributed by atoms with Gasteiger partial charge in [-0.1, -0.05) is 72.8 Å². The summed E-state index contributed by atoms with van der Waals surface area (Å²) in [4.78, 5) is 0. The molecule has 2 atom stereocenters. The van der Waals surface area contributed by atoms with Crippen molar-refractivity contribution in [3.63, 3.8) is 0 Å². The lowest BCUT2D eigenvalue weighted by Gasteiger charge is -2.47. The molecule has 0 fully saturated rings. The summed E-state index contributed by atoms with van der Waals surface area (Å²) in [5.74, 6) is -0.344.